The van der Waals surface area contributed by atoms with Crippen molar-refractivity contribution in [3.8, 4) is 0 Å². The lowest BCUT2D eigenvalue weighted by Gasteiger charge is -2.40. The van der Waals surface area contributed by atoms with Gasteiger partial charge in [-0.2, -0.15) is 0 Å². The van der Waals surface area contributed by atoms with Crippen LogP contribution in [0.3, 0.4) is 0 Å². The van der Waals surface area contributed by atoms with E-state index in [1.165, 1.54) is 0 Å². The molecule has 3 unspecified atom stereocenters. The van der Waals surface area contributed by atoms with Gasteiger partial charge in [0.05, 0.1) is 12.7 Å². The van der Waals surface area contributed by atoms with Gasteiger partial charge in [0, 0.05) is 59.0 Å². The molecule has 146 valence electrons. The molecule has 0 aromatic rings. The minimum Gasteiger partial charge on any atom is -0.375 e. The van der Waals surface area contributed by atoms with E-state index in [4.69, 9.17) is 9.47 Å². The van der Waals surface area contributed by atoms with Crippen LogP contribution in [0.4, 0.5) is 0 Å². The molecule has 3 aliphatic heterocycles. The summed E-state index contributed by atoms with van der Waals surface area (Å²) in [6, 6.07) is 0.524. The highest BCUT2D eigenvalue weighted by molar-refractivity contribution is 14.0. The molecule has 3 atom stereocenters. The van der Waals surface area contributed by atoms with Gasteiger partial charge >= 0.3 is 0 Å². The Labute approximate surface area is 169 Å². The van der Waals surface area contributed by atoms with Gasteiger partial charge in [-0.05, 0) is 26.9 Å². The summed E-state index contributed by atoms with van der Waals surface area (Å²) in [6.45, 7) is 7.68. The molecule has 3 heterocycles. The van der Waals surface area contributed by atoms with Gasteiger partial charge in [-0.25, -0.2) is 0 Å². The highest BCUT2D eigenvalue weighted by atomic mass is 127. The largest absolute Gasteiger partial charge is 0.375 e. The number of guanidine groups is 1. The normalized spacial score (nSPS) is 32.5. The van der Waals surface area contributed by atoms with Gasteiger partial charge < -0.3 is 24.6 Å². The van der Waals surface area contributed by atoms with Crippen LogP contribution < -0.4 is 5.32 Å². The molecule has 0 amide bonds. The molecule has 7 nitrogen and oxygen atoms in total. The van der Waals surface area contributed by atoms with Crippen LogP contribution in [0.1, 0.15) is 12.8 Å². The molecular formula is C17H34IN5O2. The summed E-state index contributed by atoms with van der Waals surface area (Å²) < 4.78 is 11.8. The standard InChI is InChI=1S/C17H33N5O2.HI/c1-18-17(19-11-14-12-20(2)6-7-21(14)3)22-8-10-24-16(13-22)15-5-4-9-23-15;/h14-16H,4-13H2,1-3H3,(H,18,19);1H. The van der Waals surface area contributed by atoms with Crippen LogP contribution in [-0.2, 0) is 9.47 Å². The third-order valence-electron chi connectivity index (χ3n) is 5.46. The molecule has 25 heavy (non-hydrogen) atoms. The van der Waals surface area contributed by atoms with E-state index in [1.807, 2.05) is 7.05 Å². The van der Waals surface area contributed by atoms with E-state index in [0.717, 1.165) is 71.3 Å². The lowest BCUT2D eigenvalue weighted by molar-refractivity contribution is -0.0817. The van der Waals surface area contributed by atoms with Crippen LogP contribution in [0.5, 0.6) is 0 Å². The summed E-state index contributed by atoms with van der Waals surface area (Å²) in [5, 5.41) is 3.58. The van der Waals surface area contributed by atoms with Crippen LogP contribution in [-0.4, -0.2) is 113 Å². The number of hydrogen-bond donors (Lipinski definition) is 1. The zero-order chi connectivity index (χ0) is 16.9. The summed E-state index contributed by atoms with van der Waals surface area (Å²) in [7, 11) is 6.28. The Kier molecular flexibility index (Phi) is 8.67. The monoisotopic (exact) mass is 467 g/mol. The minimum absolute atomic E-state index is 0. The summed E-state index contributed by atoms with van der Waals surface area (Å²) in [4.78, 5) is 11.7. The third-order valence-corrected chi connectivity index (χ3v) is 5.46. The molecule has 8 heteroatoms. The summed E-state index contributed by atoms with van der Waals surface area (Å²) in [5.74, 6) is 0.989. The molecule has 3 fully saturated rings. The first-order valence-electron chi connectivity index (χ1n) is 9.25. The minimum atomic E-state index is 0. The quantitative estimate of drug-likeness (QED) is 0.367. The third kappa shape index (κ3) is 5.66. The zero-order valence-electron chi connectivity index (χ0n) is 15.8. The number of rotatable bonds is 3. The van der Waals surface area contributed by atoms with E-state index in [2.05, 4.69) is 39.1 Å². The highest BCUT2D eigenvalue weighted by Gasteiger charge is 2.32. The number of ether oxygens (including phenoxy) is 2. The summed E-state index contributed by atoms with van der Waals surface area (Å²) >= 11 is 0. The second-order valence-electron chi connectivity index (χ2n) is 7.23. The second-order valence-corrected chi connectivity index (χ2v) is 7.23. The van der Waals surface area contributed by atoms with Gasteiger partial charge in [0.15, 0.2) is 5.96 Å². The van der Waals surface area contributed by atoms with Gasteiger partial charge in [0.1, 0.15) is 6.10 Å². The Morgan fingerprint density at radius 3 is 2.60 bits per heavy atom. The second kappa shape index (κ2) is 10.2. The number of nitrogens with zero attached hydrogens (tertiary/aromatic N) is 4. The number of hydrogen-bond acceptors (Lipinski definition) is 5. The highest BCUT2D eigenvalue weighted by Crippen LogP contribution is 2.21. The molecule has 0 aromatic carbocycles. The van der Waals surface area contributed by atoms with Crippen molar-refractivity contribution in [1.29, 1.82) is 0 Å². The molecule has 0 radical (unpaired) electrons. The molecule has 3 aliphatic rings. The van der Waals surface area contributed by atoms with Crippen molar-refractivity contribution in [3.05, 3.63) is 0 Å². The maximum absolute atomic E-state index is 5.95. The summed E-state index contributed by atoms with van der Waals surface area (Å²) in [5.41, 5.74) is 0. The van der Waals surface area contributed by atoms with E-state index in [1.54, 1.807) is 0 Å². The Morgan fingerprint density at radius 1 is 1.08 bits per heavy atom. The average Bonchev–Trinajstić information content (AvgIpc) is 3.13. The predicted octanol–water partition coefficient (Wildman–Crippen LogP) is 0.305. The molecule has 0 spiro atoms. The van der Waals surface area contributed by atoms with Crippen molar-refractivity contribution in [2.75, 3.05) is 73.6 Å². The number of aliphatic imine (C=N–C) groups is 1. The Bertz CT molecular complexity index is 433. The van der Waals surface area contributed by atoms with Gasteiger partial charge in [0.25, 0.3) is 0 Å². The number of likely N-dealkylation sites (N-methyl/N-ethyl adjacent to an activating group) is 2. The lowest BCUT2D eigenvalue weighted by Crippen LogP contribution is -2.57. The fourth-order valence-electron chi connectivity index (χ4n) is 3.85. The number of piperazine rings is 1. The average molecular weight is 467 g/mol. The smallest absolute Gasteiger partial charge is 0.193 e. The van der Waals surface area contributed by atoms with Gasteiger partial charge in [0.2, 0.25) is 0 Å². The van der Waals surface area contributed by atoms with E-state index in [9.17, 15) is 0 Å². The van der Waals surface area contributed by atoms with Gasteiger partial charge in [-0.3, -0.25) is 9.89 Å². The molecule has 3 saturated heterocycles. The molecule has 1 N–H and O–H groups in total. The van der Waals surface area contributed by atoms with Gasteiger partial charge in [-0.1, -0.05) is 0 Å². The van der Waals surface area contributed by atoms with Crippen molar-refractivity contribution in [1.82, 2.24) is 20.0 Å². The predicted molar refractivity (Wildman–Crippen MR) is 111 cm³/mol. The molecule has 0 saturated carbocycles. The topological polar surface area (TPSA) is 52.6 Å². The van der Waals surface area contributed by atoms with E-state index >= 15 is 0 Å². The van der Waals surface area contributed by atoms with Crippen LogP contribution >= 0.6 is 24.0 Å². The lowest BCUT2D eigenvalue weighted by atomic mass is 10.1. The Morgan fingerprint density at radius 2 is 1.88 bits per heavy atom. The molecule has 0 bridgehead atoms. The Balaban J connectivity index is 0.00000225. The van der Waals surface area contributed by atoms with Crippen molar-refractivity contribution >= 4 is 29.9 Å². The molecule has 0 aliphatic carbocycles. The van der Waals surface area contributed by atoms with Crippen molar-refractivity contribution in [2.45, 2.75) is 31.1 Å². The van der Waals surface area contributed by atoms with Crippen LogP contribution in [0.25, 0.3) is 0 Å². The van der Waals surface area contributed by atoms with E-state index < -0.39 is 0 Å². The number of nitrogens with one attached hydrogen (secondary N) is 1. The maximum atomic E-state index is 5.95. The Hall–Kier alpha value is -0.160. The SMILES string of the molecule is CN=C(NCC1CN(C)CCN1C)N1CCOC(C2CCCO2)C1.I. The molecule has 3 rings (SSSR count). The first-order valence-corrected chi connectivity index (χ1v) is 9.25. The van der Waals surface area contributed by atoms with Crippen LogP contribution in [0.2, 0.25) is 0 Å². The number of halogens is 1. The van der Waals surface area contributed by atoms with Crippen molar-refractivity contribution in [3.63, 3.8) is 0 Å². The zero-order valence-corrected chi connectivity index (χ0v) is 18.1. The van der Waals surface area contributed by atoms with E-state index in [-0.39, 0.29) is 36.2 Å². The molecule has 0 aromatic heterocycles. The molecular weight excluding hydrogens is 433 g/mol. The first-order chi connectivity index (χ1) is 11.7. The summed E-state index contributed by atoms with van der Waals surface area (Å²) in [6.07, 6.45) is 2.69. The maximum Gasteiger partial charge on any atom is 0.193 e. The fourth-order valence-corrected chi connectivity index (χ4v) is 3.85. The van der Waals surface area contributed by atoms with E-state index in [0.29, 0.717) is 6.04 Å². The van der Waals surface area contributed by atoms with Crippen molar-refractivity contribution < 1.29 is 9.47 Å². The van der Waals surface area contributed by atoms with Crippen LogP contribution in [0.15, 0.2) is 4.99 Å². The van der Waals surface area contributed by atoms with Gasteiger partial charge in [-0.15, -0.1) is 24.0 Å². The number of morpholine rings is 1. The fraction of sp³-hybridized carbons (Fsp3) is 0.941. The van der Waals surface area contributed by atoms with Crippen LogP contribution in [0, 0.1) is 0 Å². The first kappa shape index (κ1) is 21.1. The van der Waals surface area contributed by atoms with Crippen molar-refractivity contribution in [2.24, 2.45) is 4.99 Å².